The maximum Gasteiger partial charge on any atom is 0.307 e. The van der Waals surface area contributed by atoms with Crippen LogP contribution in [-0.2, 0) is 23.8 Å². The number of ether oxygens (including phenoxy) is 3. The van der Waals surface area contributed by atoms with Gasteiger partial charge in [-0.25, -0.2) is 0 Å². The Morgan fingerprint density at radius 1 is 1.09 bits per heavy atom. The molecule has 5 aliphatic rings. The number of carboxylic acid groups (broad SMARTS) is 1. The second-order valence-corrected chi connectivity index (χ2v) is 16.9. The Morgan fingerprint density at radius 2 is 1.82 bits per heavy atom. The van der Waals surface area contributed by atoms with Crippen LogP contribution in [0.1, 0.15) is 100 Å². The maximum atomic E-state index is 13.3. The lowest BCUT2D eigenvalue weighted by Gasteiger charge is -2.71. The van der Waals surface area contributed by atoms with Crippen LogP contribution in [0.3, 0.4) is 0 Å². The van der Waals surface area contributed by atoms with Gasteiger partial charge in [0.25, 0.3) is 0 Å². The van der Waals surface area contributed by atoms with E-state index in [0.717, 1.165) is 51.6 Å². The van der Waals surface area contributed by atoms with E-state index < -0.39 is 11.9 Å². The predicted molar refractivity (Wildman–Crippen MR) is 175 cm³/mol. The molecular weight excluding hydrogens is 568 g/mol. The van der Waals surface area contributed by atoms with Crippen LogP contribution < -0.4 is 11.1 Å². The number of nitrogens with two attached hydrogens (primary N) is 1. The van der Waals surface area contributed by atoms with Gasteiger partial charge < -0.3 is 30.4 Å². The first-order valence-corrected chi connectivity index (χ1v) is 17.8. The molecule has 0 aromatic carbocycles. The number of carbonyl (C=O) groups excluding carboxylic acids is 1. The summed E-state index contributed by atoms with van der Waals surface area (Å²) in [7, 11) is 0. The highest BCUT2D eigenvalue weighted by Crippen LogP contribution is 2.75. The van der Waals surface area contributed by atoms with Crippen molar-refractivity contribution in [1.82, 2.24) is 5.32 Å². The van der Waals surface area contributed by atoms with Gasteiger partial charge >= 0.3 is 11.9 Å². The molecule has 0 unspecified atom stereocenters. The summed E-state index contributed by atoms with van der Waals surface area (Å²) in [6.45, 7) is 21.5. The van der Waals surface area contributed by atoms with Crippen LogP contribution in [0.4, 0.5) is 0 Å². The van der Waals surface area contributed by atoms with Gasteiger partial charge in [0.05, 0.1) is 25.7 Å². The summed E-state index contributed by atoms with van der Waals surface area (Å²) in [5.74, 6) is 0.0275. The number of esters is 1. The number of aliphatic carboxylic acids is 1. The monoisotopic (exact) mass is 630 g/mol. The van der Waals surface area contributed by atoms with Crippen LogP contribution in [0.2, 0.25) is 0 Å². The number of nitrogens with one attached hydrogen (secondary N) is 1. The molecule has 3 saturated carbocycles. The van der Waals surface area contributed by atoms with Crippen LogP contribution >= 0.6 is 0 Å². The van der Waals surface area contributed by atoms with E-state index in [0.29, 0.717) is 50.5 Å². The van der Waals surface area contributed by atoms with Gasteiger partial charge in [-0.05, 0) is 98.0 Å². The quantitative estimate of drug-likeness (QED) is 0.148. The highest BCUT2D eigenvalue weighted by molar-refractivity contribution is 5.73. The summed E-state index contributed by atoms with van der Waals surface area (Å²) >= 11 is 0. The number of rotatable bonds is 11. The van der Waals surface area contributed by atoms with E-state index in [1.165, 1.54) is 12.5 Å². The Hall–Kier alpha value is -1.48. The molecule has 0 amide bonds. The SMILES string of the molecule is CC(=O)O[C@@H]1C[C@@]23COC[C@](C)([C@@H]2CC[C@H]2C3=CC[C@@]3(C)[C@H](C(=O)O)[C@@](C)([C@H](C)C(C)C)CC[C@]23C)[C@H]1OCCNCCCN. The summed E-state index contributed by atoms with van der Waals surface area (Å²) in [5.41, 5.74) is 5.77. The standard InChI is InChI=1S/C37H62N2O6/c1-23(2)24(3)33(5)14-15-35(7)26-10-11-29-34(6)21-43-22-37(29,27(26)12-13-36(35,8)30(33)32(41)42)20-28(45-25(4)40)31(34)44-19-18-39-17-9-16-38/h12,23-24,26,28-31,39H,9-11,13-22,38H2,1-8H3,(H,41,42)/t24-,26+,28-,29+,30-,31+,33-,34-,35-,36+,37+/m1/s1. The summed E-state index contributed by atoms with van der Waals surface area (Å²) in [5, 5.41) is 14.4. The van der Waals surface area contributed by atoms with Crippen LogP contribution in [0, 0.1) is 56.7 Å². The van der Waals surface area contributed by atoms with Crippen LogP contribution in [-0.4, -0.2) is 68.7 Å². The topological polar surface area (TPSA) is 120 Å². The molecule has 1 heterocycles. The van der Waals surface area contributed by atoms with Crippen molar-refractivity contribution in [2.75, 3.05) is 39.5 Å². The lowest BCUT2D eigenvalue weighted by Crippen LogP contribution is -2.70. The van der Waals surface area contributed by atoms with E-state index in [4.69, 9.17) is 19.9 Å². The van der Waals surface area contributed by atoms with Crippen molar-refractivity contribution in [3.05, 3.63) is 11.6 Å². The summed E-state index contributed by atoms with van der Waals surface area (Å²) in [6, 6.07) is 0. The molecule has 1 saturated heterocycles. The Labute approximate surface area is 272 Å². The van der Waals surface area contributed by atoms with Gasteiger partial charge in [0, 0.05) is 24.3 Å². The molecule has 4 aliphatic carbocycles. The van der Waals surface area contributed by atoms with Crippen LogP contribution in [0.25, 0.3) is 0 Å². The molecule has 8 heteroatoms. The molecule has 256 valence electrons. The number of hydrogen-bond donors (Lipinski definition) is 3. The first-order valence-electron chi connectivity index (χ1n) is 17.8. The highest BCUT2D eigenvalue weighted by Gasteiger charge is 2.72. The summed E-state index contributed by atoms with van der Waals surface area (Å²) in [6.07, 6.45) is 8.26. The van der Waals surface area contributed by atoms with E-state index in [-0.39, 0.29) is 51.2 Å². The Bertz CT molecular complexity index is 1160. The molecule has 5 rings (SSSR count). The average Bonchev–Trinajstić information content (AvgIpc) is 2.95. The fourth-order valence-corrected chi connectivity index (χ4v) is 11.8. The first kappa shape index (κ1) is 34.8. The average molecular weight is 631 g/mol. The second kappa shape index (κ2) is 12.5. The number of hydrogen-bond acceptors (Lipinski definition) is 7. The minimum absolute atomic E-state index is 0.149. The fourth-order valence-electron chi connectivity index (χ4n) is 11.8. The molecule has 45 heavy (non-hydrogen) atoms. The van der Waals surface area contributed by atoms with Crippen molar-refractivity contribution in [2.24, 2.45) is 62.4 Å². The molecule has 0 aromatic heterocycles. The Morgan fingerprint density at radius 3 is 2.47 bits per heavy atom. The normalized spacial score (nSPS) is 44.7. The van der Waals surface area contributed by atoms with E-state index in [2.05, 4.69) is 59.9 Å². The van der Waals surface area contributed by atoms with Gasteiger partial charge in [0.15, 0.2) is 0 Å². The van der Waals surface area contributed by atoms with E-state index in [9.17, 15) is 14.7 Å². The molecule has 1 aliphatic heterocycles. The van der Waals surface area contributed by atoms with E-state index in [1.54, 1.807) is 0 Å². The van der Waals surface area contributed by atoms with Gasteiger partial charge in [0.2, 0.25) is 0 Å². The Kier molecular flexibility index (Phi) is 9.69. The van der Waals surface area contributed by atoms with Crippen molar-refractivity contribution >= 4 is 11.9 Å². The smallest absolute Gasteiger partial charge is 0.307 e. The van der Waals surface area contributed by atoms with Gasteiger partial charge in [-0.15, -0.1) is 0 Å². The molecular formula is C37H62N2O6. The minimum Gasteiger partial charge on any atom is -0.481 e. The van der Waals surface area contributed by atoms with Crippen molar-refractivity contribution < 1.29 is 28.9 Å². The van der Waals surface area contributed by atoms with Gasteiger partial charge in [-0.3, -0.25) is 9.59 Å². The van der Waals surface area contributed by atoms with Crippen LogP contribution in [0.15, 0.2) is 11.6 Å². The second-order valence-electron chi connectivity index (χ2n) is 16.9. The van der Waals surface area contributed by atoms with Crippen molar-refractivity contribution in [3.8, 4) is 0 Å². The summed E-state index contributed by atoms with van der Waals surface area (Å²) in [4.78, 5) is 25.8. The fraction of sp³-hybridized carbons (Fsp3) is 0.892. The third-order valence-corrected chi connectivity index (χ3v) is 14.5. The number of carbonyl (C=O) groups is 2. The molecule has 4 N–H and O–H groups in total. The molecule has 0 aromatic rings. The maximum absolute atomic E-state index is 13.3. The predicted octanol–water partition coefficient (Wildman–Crippen LogP) is 5.83. The third kappa shape index (κ3) is 5.32. The largest absolute Gasteiger partial charge is 0.481 e. The lowest BCUT2D eigenvalue weighted by molar-refractivity contribution is -0.266. The molecule has 11 atom stereocenters. The highest BCUT2D eigenvalue weighted by atomic mass is 16.6. The number of fused-ring (bicyclic) bond motifs is 3. The minimum atomic E-state index is -0.638. The molecule has 0 spiro atoms. The summed E-state index contributed by atoms with van der Waals surface area (Å²) < 4.78 is 19.3. The van der Waals surface area contributed by atoms with Gasteiger partial charge in [0.1, 0.15) is 12.2 Å². The molecule has 0 radical (unpaired) electrons. The number of allylic oxidation sites excluding steroid dienone is 1. The van der Waals surface area contributed by atoms with E-state index in [1.807, 2.05) is 0 Å². The Balaban J connectivity index is 1.51. The zero-order chi connectivity index (χ0) is 33.0. The number of carboxylic acids is 1. The first-order chi connectivity index (χ1) is 21.1. The van der Waals surface area contributed by atoms with Crippen molar-refractivity contribution in [3.63, 3.8) is 0 Å². The van der Waals surface area contributed by atoms with Crippen molar-refractivity contribution in [2.45, 2.75) is 113 Å². The van der Waals surface area contributed by atoms with Crippen LogP contribution in [0.5, 0.6) is 0 Å². The van der Waals surface area contributed by atoms with Crippen molar-refractivity contribution in [1.29, 1.82) is 0 Å². The molecule has 4 fully saturated rings. The lowest BCUT2D eigenvalue weighted by atomic mass is 9.34. The molecule has 2 bridgehead atoms. The van der Waals surface area contributed by atoms with E-state index >= 15 is 0 Å². The zero-order valence-electron chi connectivity index (χ0n) is 29.4. The molecule has 8 nitrogen and oxygen atoms in total. The van der Waals surface area contributed by atoms with Gasteiger partial charge in [-0.2, -0.15) is 0 Å². The third-order valence-electron chi connectivity index (χ3n) is 14.5. The van der Waals surface area contributed by atoms with Gasteiger partial charge in [-0.1, -0.05) is 60.1 Å². The zero-order valence-corrected chi connectivity index (χ0v) is 29.4.